The van der Waals surface area contributed by atoms with Crippen molar-refractivity contribution in [3.63, 3.8) is 0 Å². The highest BCUT2D eigenvalue weighted by molar-refractivity contribution is 5.79. The summed E-state index contributed by atoms with van der Waals surface area (Å²) in [5.41, 5.74) is 0.570. The zero-order valence-electron chi connectivity index (χ0n) is 15.0. The maximum atomic E-state index is 14.4. The maximum absolute atomic E-state index is 14.4. The zero-order valence-corrected chi connectivity index (χ0v) is 15.0. The van der Waals surface area contributed by atoms with E-state index in [2.05, 4.69) is 0 Å². The topological polar surface area (TPSA) is 53.0 Å². The summed E-state index contributed by atoms with van der Waals surface area (Å²) >= 11 is 0. The Labute approximate surface area is 148 Å². The molecule has 2 aliphatic rings. The quantitative estimate of drug-likeness (QED) is 0.908. The lowest BCUT2D eigenvalue weighted by molar-refractivity contribution is -0.145. The van der Waals surface area contributed by atoms with Crippen LogP contribution in [0.3, 0.4) is 0 Å². The molecular weight excluding hydrogens is 323 g/mol. The minimum absolute atomic E-state index is 0.0183. The van der Waals surface area contributed by atoms with Crippen LogP contribution in [0.25, 0.3) is 0 Å². The molecule has 6 heteroatoms. The molecule has 1 unspecified atom stereocenters. The Balaban J connectivity index is 1.61. The highest BCUT2D eigenvalue weighted by atomic mass is 19.1. The van der Waals surface area contributed by atoms with E-state index in [0.717, 1.165) is 12.8 Å². The van der Waals surface area contributed by atoms with Crippen LogP contribution in [0.4, 0.5) is 10.1 Å². The SMILES string of the molecule is CC1(C)CC(C(=O)N2CCN(c3cccc(CO)c3F)CC2)CCO1. The standard InChI is InChI=1S/C19H27FN2O3/c1-19(2)12-14(6-11-25-19)18(24)22-9-7-21(8-10-22)16-5-3-4-15(13-23)17(16)20/h3-5,14,23H,6-13H2,1-2H3. The number of hydrogen-bond acceptors (Lipinski definition) is 4. The van der Waals surface area contributed by atoms with Crippen molar-refractivity contribution in [2.24, 2.45) is 5.92 Å². The van der Waals surface area contributed by atoms with E-state index in [0.29, 0.717) is 44.0 Å². The van der Waals surface area contributed by atoms with Gasteiger partial charge in [0.1, 0.15) is 0 Å². The number of carbonyl (C=O) groups excluding carboxylic acids is 1. The number of rotatable bonds is 3. The fourth-order valence-corrected chi connectivity index (χ4v) is 3.80. The number of hydrogen-bond donors (Lipinski definition) is 1. The number of piperazine rings is 1. The second-order valence-corrected chi connectivity index (χ2v) is 7.52. The molecule has 0 radical (unpaired) electrons. The van der Waals surface area contributed by atoms with Crippen LogP contribution in [-0.2, 0) is 16.1 Å². The number of aliphatic hydroxyl groups excluding tert-OH is 1. The van der Waals surface area contributed by atoms with Gasteiger partial charge in [0.25, 0.3) is 0 Å². The van der Waals surface area contributed by atoms with Gasteiger partial charge in [-0.05, 0) is 32.8 Å². The number of aliphatic hydroxyl groups is 1. The van der Waals surface area contributed by atoms with Crippen LogP contribution in [-0.4, -0.2) is 54.3 Å². The third-order valence-corrected chi connectivity index (χ3v) is 5.21. The van der Waals surface area contributed by atoms with Crippen molar-refractivity contribution in [2.75, 3.05) is 37.7 Å². The van der Waals surface area contributed by atoms with E-state index in [1.165, 1.54) is 0 Å². The smallest absolute Gasteiger partial charge is 0.226 e. The Morgan fingerprint density at radius 3 is 2.68 bits per heavy atom. The highest BCUT2D eigenvalue weighted by Gasteiger charge is 2.36. The molecular formula is C19H27FN2O3. The highest BCUT2D eigenvalue weighted by Crippen LogP contribution is 2.30. The van der Waals surface area contributed by atoms with Crippen molar-refractivity contribution >= 4 is 11.6 Å². The molecule has 0 bridgehead atoms. The van der Waals surface area contributed by atoms with Crippen LogP contribution in [0, 0.1) is 11.7 Å². The molecule has 0 saturated carbocycles. The molecule has 138 valence electrons. The van der Waals surface area contributed by atoms with Crippen molar-refractivity contribution < 1.29 is 19.0 Å². The minimum Gasteiger partial charge on any atom is -0.392 e. The summed E-state index contributed by atoms with van der Waals surface area (Å²) in [6, 6.07) is 5.07. The lowest BCUT2D eigenvalue weighted by Gasteiger charge is -2.40. The Kier molecular flexibility index (Phi) is 5.29. The van der Waals surface area contributed by atoms with Gasteiger partial charge in [-0.3, -0.25) is 4.79 Å². The number of amides is 1. The van der Waals surface area contributed by atoms with Crippen LogP contribution in [0.1, 0.15) is 32.3 Å². The van der Waals surface area contributed by atoms with Gasteiger partial charge < -0.3 is 19.6 Å². The summed E-state index contributed by atoms with van der Waals surface area (Å²) in [7, 11) is 0. The first-order valence-corrected chi connectivity index (χ1v) is 8.97. The summed E-state index contributed by atoms with van der Waals surface area (Å²) in [4.78, 5) is 16.6. The van der Waals surface area contributed by atoms with E-state index in [9.17, 15) is 14.3 Å². The molecule has 0 aliphatic carbocycles. The second kappa shape index (κ2) is 7.30. The Hall–Kier alpha value is -1.66. The summed E-state index contributed by atoms with van der Waals surface area (Å²) in [5, 5.41) is 9.22. The molecule has 3 rings (SSSR count). The van der Waals surface area contributed by atoms with Gasteiger partial charge in [0.15, 0.2) is 5.82 Å². The summed E-state index contributed by atoms with van der Waals surface area (Å²) < 4.78 is 20.1. The molecule has 1 N–H and O–H groups in total. The largest absolute Gasteiger partial charge is 0.392 e. The molecule has 2 aliphatic heterocycles. The predicted octanol–water partition coefficient (Wildman–Crippen LogP) is 2.17. The van der Waals surface area contributed by atoms with E-state index >= 15 is 0 Å². The molecule has 1 aromatic carbocycles. The Morgan fingerprint density at radius 1 is 1.32 bits per heavy atom. The van der Waals surface area contributed by atoms with E-state index < -0.39 is 0 Å². The number of carbonyl (C=O) groups is 1. The molecule has 5 nitrogen and oxygen atoms in total. The van der Waals surface area contributed by atoms with E-state index in [1.807, 2.05) is 23.6 Å². The van der Waals surface area contributed by atoms with Crippen LogP contribution in [0.2, 0.25) is 0 Å². The fraction of sp³-hybridized carbons (Fsp3) is 0.632. The molecule has 0 aromatic heterocycles. The van der Waals surface area contributed by atoms with Crippen molar-refractivity contribution in [3.05, 3.63) is 29.6 Å². The van der Waals surface area contributed by atoms with Crippen LogP contribution in [0.5, 0.6) is 0 Å². The Bertz CT molecular complexity index is 627. The second-order valence-electron chi connectivity index (χ2n) is 7.52. The monoisotopic (exact) mass is 350 g/mol. The number of benzene rings is 1. The van der Waals surface area contributed by atoms with Gasteiger partial charge >= 0.3 is 0 Å². The lowest BCUT2D eigenvalue weighted by Crippen LogP contribution is -2.52. The summed E-state index contributed by atoms with van der Waals surface area (Å²) in [6.45, 7) is 6.77. The molecule has 2 saturated heterocycles. The summed E-state index contributed by atoms with van der Waals surface area (Å²) in [6.07, 6.45) is 1.52. The van der Waals surface area contributed by atoms with Crippen molar-refractivity contribution in [1.29, 1.82) is 0 Å². The van der Waals surface area contributed by atoms with Gasteiger partial charge in [-0.1, -0.05) is 12.1 Å². The molecule has 2 heterocycles. The maximum Gasteiger partial charge on any atom is 0.226 e. The Morgan fingerprint density at radius 2 is 2.04 bits per heavy atom. The first kappa shape index (κ1) is 18.1. The number of nitrogens with zero attached hydrogens (tertiary/aromatic N) is 2. The van der Waals surface area contributed by atoms with E-state index in [1.54, 1.807) is 18.2 Å². The molecule has 2 fully saturated rings. The molecule has 0 spiro atoms. The van der Waals surface area contributed by atoms with Crippen LogP contribution in [0.15, 0.2) is 18.2 Å². The lowest BCUT2D eigenvalue weighted by atomic mass is 9.87. The van der Waals surface area contributed by atoms with Gasteiger partial charge in [-0.2, -0.15) is 0 Å². The van der Waals surface area contributed by atoms with Crippen LogP contribution < -0.4 is 4.90 Å². The normalized spacial score (nSPS) is 23.6. The average Bonchev–Trinajstić information content (AvgIpc) is 2.61. The van der Waals surface area contributed by atoms with Crippen molar-refractivity contribution in [2.45, 2.75) is 38.9 Å². The minimum atomic E-state index is -0.365. The van der Waals surface area contributed by atoms with Crippen LogP contribution >= 0.6 is 0 Å². The third-order valence-electron chi connectivity index (χ3n) is 5.21. The average molecular weight is 350 g/mol. The zero-order chi connectivity index (χ0) is 18.0. The predicted molar refractivity (Wildman–Crippen MR) is 93.9 cm³/mol. The fourth-order valence-electron chi connectivity index (χ4n) is 3.80. The first-order valence-electron chi connectivity index (χ1n) is 8.97. The molecule has 1 aromatic rings. The molecule has 1 atom stereocenters. The number of anilines is 1. The van der Waals surface area contributed by atoms with Crippen molar-refractivity contribution in [1.82, 2.24) is 4.90 Å². The van der Waals surface area contributed by atoms with Gasteiger partial charge in [-0.15, -0.1) is 0 Å². The van der Waals surface area contributed by atoms with Gasteiger partial charge in [0.05, 0.1) is 17.9 Å². The summed E-state index contributed by atoms with van der Waals surface area (Å²) in [5.74, 6) is -0.152. The molecule has 1 amide bonds. The van der Waals surface area contributed by atoms with Crippen molar-refractivity contribution in [3.8, 4) is 0 Å². The third kappa shape index (κ3) is 3.96. The first-order chi connectivity index (χ1) is 11.9. The number of halogens is 1. The number of ether oxygens (including phenoxy) is 1. The van der Waals surface area contributed by atoms with Gasteiger partial charge in [0.2, 0.25) is 5.91 Å². The van der Waals surface area contributed by atoms with Gasteiger partial charge in [0, 0.05) is 44.3 Å². The van der Waals surface area contributed by atoms with E-state index in [4.69, 9.17) is 4.74 Å². The van der Waals surface area contributed by atoms with Gasteiger partial charge in [-0.25, -0.2) is 4.39 Å². The molecule has 25 heavy (non-hydrogen) atoms. The van der Waals surface area contributed by atoms with E-state index in [-0.39, 0.29) is 29.9 Å².